The Labute approximate surface area is 169 Å². The van der Waals surface area contributed by atoms with E-state index < -0.39 is 41.6 Å². The highest BCUT2D eigenvalue weighted by molar-refractivity contribution is 5.90. The molecule has 11 heteroatoms. The molecule has 1 N–H and O–H groups in total. The van der Waals surface area contributed by atoms with Crippen LogP contribution in [0.1, 0.15) is 25.2 Å². The van der Waals surface area contributed by atoms with Crippen molar-refractivity contribution >= 4 is 17.6 Å². The summed E-state index contributed by atoms with van der Waals surface area (Å²) in [6, 6.07) is 3.93. The van der Waals surface area contributed by atoms with E-state index in [4.69, 9.17) is 0 Å². The Kier molecular flexibility index (Phi) is 4.85. The van der Waals surface area contributed by atoms with Gasteiger partial charge in [-0.2, -0.15) is 10.4 Å². The smallest absolute Gasteiger partial charge is 0.315 e. The molecule has 30 heavy (non-hydrogen) atoms. The minimum atomic E-state index is -1.63. The van der Waals surface area contributed by atoms with Gasteiger partial charge in [-0.3, -0.25) is 14.4 Å². The molecular formula is C19H17F3N6O2. The van der Waals surface area contributed by atoms with Gasteiger partial charge in [0.25, 0.3) is 0 Å². The van der Waals surface area contributed by atoms with Crippen LogP contribution in [0.15, 0.2) is 24.4 Å². The number of hydrogen-bond acceptors (Lipinski definition) is 4. The van der Waals surface area contributed by atoms with Crippen molar-refractivity contribution in [2.45, 2.75) is 32.1 Å². The van der Waals surface area contributed by atoms with Crippen LogP contribution < -0.4 is 5.32 Å². The van der Waals surface area contributed by atoms with Crippen LogP contribution in [-0.2, 0) is 11.3 Å². The largest absolute Gasteiger partial charge is 0.324 e. The Morgan fingerprint density at radius 1 is 1.27 bits per heavy atom. The zero-order valence-electron chi connectivity index (χ0n) is 15.8. The van der Waals surface area contributed by atoms with Crippen LogP contribution in [0.4, 0.5) is 23.7 Å². The first-order valence-corrected chi connectivity index (χ1v) is 9.24. The Morgan fingerprint density at radius 3 is 2.60 bits per heavy atom. The molecule has 1 aromatic carbocycles. The van der Waals surface area contributed by atoms with Crippen LogP contribution in [0.5, 0.6) is 0 Å². The van der Waals surface area contributed by atoms with Crippen molar-refractivity contribution in [1.29, 1.82) is 5.26 Å². The number of anilines is 1. The number of nitrogens with zero attached hydrogens (tertiary/aromatic N) is 5. The fraction of sp³-hybridized carbons (Fsp3) is 0.368. The average Bonchev–Trinajstić information content (AvgIpc) is 3.30. The summed E-state index contributed by atoms with van der Waals surface area (Å²) in [5.74, 6) is -5.29. The molecule has 4 rings (SSSR count). The van der Waals surface area contributed by atoms with Crippen LogP contribution in [0.3, 0.4) is 0 Å². The maximum atomic E-state index is 13.5. The third kappa shape index (κ3) is 3.24. The number of nitriles is 1. The fourth-order valence-electron chi connectivity index (χ4n) is 3.93. The van der Waals surface area contributed by atoms with E-state index in [2.05, 4.69) is 16.5 Å². The van der Waals surface area contributed by atoms with Crippen LogP contribution in [0.25, 0.3) is 0 Å². The lowest BCUT2D eigenvalue weighted by Crippen LogP contribution is -2.55. The molecule has 1 aromatic heterocycles. The second-order valence-corrected chi connectivity index (χ2v) is 7.33. The van der Waals surface area contributed by atoms with Crippen molar-refractivity contribution in [3.05, 3.63) is 47.5 Å². The molecule has 2 aliphatic rings. The molecule has 156 valence electrons. The summed E-state index contributed by atoms with van der Waals surface area (Å²) in [4.78, 5) is 28.5. The topological polar surface area (TPSA) is 94.3 Å². The summed E-state index contributed by atoms with van der Waals surface area (Å²) in [6.07, 6.45) is 0.736. The molecule has 0 bridgehead atoms. The molecule has 2 unspecified atom stereocenters. The first-order valence-electron chi connectivity index (χ1n) is 9.24. The first kappa shape index (κ1) is 19.8. The lowest BCUT2D eigenvalue weighted by Gasteiger charge is -2.44. The molecule has 0 spiro atoms. The van der Waals surface area contributed by atoms with E-state index in [1.165, 1.54) is 9.80 Å². The average molecular weight is 418 g/mol. The van der Waals surface area contributed by atoms with E-state index >= 15 is 0 Å². The zero-order valence-corrected chi connectivity index (χ0v) is 15.8. The summed E-state index contributed by atoms with van der Waals surface area (Å²) in [5, 5.41) is 15.8. The van der Waals surface area contributed by atoms with Gasteiger partial charge in [-0.1, -0.05) is 0 Å². The van der Waals surface area contributed by atoms with Gasteiger partial charge in [0, 0.05) is 37.0 Å². The molecule has 1 fully saturated rings. The van der Waals surface area contributed by atoms with Crippen LogP contribution in [0.2, 0.25) is 0 Å². The number of halogens is 3. The Balaban J connectivity index is 1.69. The van der Waals surface area contributed by atoms with Gasteiger partial charge in [0.2, 0.25) is 5.91 Å². The van der Waals surface area contributed by atoms with Gasteiger partial charge in [-0.15, -0.1) is 0 Å². The van der Waals surface area contributed by atoms with Gasteiger partial charge in [-0.05, 0) is 13.0 Å². The normalized spacial score (nSPS) is 23.3. The van der Waals surface area contributed by atoms with E-state index in [1.54, 1.807) is 23.9 Å². The van der Waals surface area contributed by atoms with Gasteiger partial charge in [0.1, 0.15) is 0 Å². The number of rotatable bonds is 2. The molecule has 2 aliphatic heterocycles. The summed E-state index contributed by atoms with van der Waals surface area (Å²) < 4.78 is 42.0. The molecule has 0 aliphatic carbocycles. The summed E-state index contributed by atoms with van der Waals surface area (Å²) in [7, 11) is 0. The highest BCUT2D eigenvalue weighted by Crippen LogP contribution is 2.36. The van der Waals surface area contributed by atoms with Gasteiger partial charge < -0.3 is 10.2 Å². The maximum Gasteiger partial charge on any atom is 0.324 e. The number of fused-ring (bicyclic) bond motifs is 1. The first-order chi connectivity index (χ1) is 14.3. The number of carbonyl (C=O) groups excluding carboxylic acids is 2. The second kappa shape index (κ2) is 7.37. The molecule has 3 atom stereocenters. The lowest BCUT2D eigenvalue weighted by atomic mass is 10.1. The van der Waals surface area contributed by atoms with Crippen molar-refractivity contribution < 1.29 is 22.8 Å². The minimum Gasteiger partial charge on any atom is -0.315 e. The summed E-state index contributed by atoms with van der Waals surface area (Å²) in [6.45, 7) is 2.22. The molecule has 1 saturated heterocycles. The molecule has 0 saturated carbocycles. The molecule has 0 radical (unpaired) electrons. The predicted molar refractivity (Wildman–Crippen MR) is 97.0 cm³/mol. The third-order valence-corrected chi connectivity index (χ3v) is 5.30. The number of likely N-dealkylation sites (tertiary alicyclic amines) is 1. The molecular weight excluding hydrogens is 401 g/mol. The highest BCUT2D eigenvalue weighted by atomic mass is 19.2. The van der Waals surface area contributed by atoms with E-state index in [9.17, 15) is 28.0 Å². The number of amides is 3. The van der Waals surface area contributed by atoms with Crippen molar-refractivity contribution in [3.8, 4) is 6.07 Å². The van der Waals surface area contributed by atoms with Crippen molar-refractivity contribution in [1.82, 2.24) is 19.6 Å². The van der Waals surface area contributed by atoms with Crippen LogP contribution in [-0.4, -0.2) is 44.1 Å². The zero-order chi connectivity index (χ0) is 21.6. The third-order valence-electron chi connectivity index (χ3n) is 5.30. The SMILES string of the molecule is CC1Cn2nccc2C(N2C[C@@H](C#N)CC2=O)N1C(=O)Nc1cc(F)c(F)c(F)c1. The predicted octanol–water partition coefficient (Wildman–Crippen LogP) is 2.61. The molecule has 3 heterocycles. The monoisotopic (exact) mass is 418 g/mol. The number of urea groups is 1. The Morgan fingerprint density at radius 2 is 1.97 bits per heavy atom. The standard InChI is InChI=1S/C19H17F3N6O2/c1-10-8-27-15(2-3-24-27)18(26-9-11(7-23)4-16(26)29)28(10)19(30)25-12-5-13(20)17(22)14(21)6-12/h2-3,5-6,10-11,18H,4,8-9H2,1H3,(H,25,30)/t10?,11-,18?/m1/s1. The lowest BCUT2D eigenvalue weighted by molar-refractivity contribution is -0.134. The van der Waals surface area contributed by atoms with Gasteiger partial charge in [-0.25, -0.2) is 18.0 Å². The van der Waals surface area contributed by atoms with Crippen molar-refractivity contribution in [2.24, 2.45) is 5.92 Å². The highest BCUT2D eigenvalue weighted by Gasteiger charge is 2.45. The number of nitrogens with one attached hydrogen (secondary N) is 1. The van der Waals surface area contributed by atoms with Crippen molar-refractivity contribution in [3.63, 3.8) is 0 Å². The second-order valence-electron chi connectivity index (χ2n) is 7.33. The summed E-state index contributed by atoms with van der Waals surface area (Å²) in [5.41, 5.74) is 0.315. The number of aromatic nitrogens is 2. The maximum absolute atomic E-state index is 13.5. The van der Waals surface area contributed by atoms with Crippen LogP contribution >= 0.6 is 0 Å². The van der Waals surface area contributed by atoms with E-state index in [0.29, 0.717) is 24.4 Å². The minimum absolute atomic E-state index is 0.0410. The van der Waals surface area contributed by atoms with Gasteiger partial charge in [0.15, 0.2) is 23.6 Å². The Hall–Kier alpha value is -3.55. The summed E-state index contributed by atoms with van der Waals surface area (Å²) >= 11 is 0. The molecule has 2 aromatic rings. The van der Waals surface area contributed by atoms with E-state index in [-0.39, 0.29) is 24.6 Å². The number of carbonyl (C=O) groups is 2. The van der Waals surface area contributed by atoms with Gasteiger partial charge in [0.05, 0.1) is 30.3 Å². The van der Waals surface area contributed by atoms with E-state index in [0.717, 1.165) is 0 Å². The fourth-order valence-corrected chi connectivity index (χ4v) is 3.93. The quantitative estimate of drug-likeness (QED) is 0.759. The number of benzene rings is 1. The molecule has 3 amide bonds. The molecule has 8 nitrogen and oxygen atoms in total. The number of hydrogen-bond donors (Lipinski definition) is 1. The van der Waals surface area contributed by atoms with Crippen molar-refractivity contribution in [2.75, 3.05) is 11.9 Å². The van der Waals surface area contributed by atoms with E-state index in [1.807, 2.05) is 0 Å². The Bertz CT molecular complexity index is 1040. The van der Waals surface area contributed by atoms with Gasteiger partial charge >= 0.3 is 6.03 Å². The van der Waals surface area contributed by atoms with Crippen LogP contribution in [0, 0.1) is 34.7 Å².